The Balaban J connectivity index is 2.17. The van der Waals surface area contributed by atoms with Crippen LogP contribution in [0.5, 0.6) is 0 Å². The predicted octanol–water partition coefficient (Wildman–Crippen LogP) is 12.9. The summed E-state index contributed by atoms with van der Waals surface area (Å²) in [5, 5.41) is 40.2. The van der Waals surface area contributed by atoms with Crippen molar-refractivity contribution in [2.45, 2.75) is 282 Å². The zero-order valence-electron chi connectivity index (χ0n) is 40.4. The topological polar surface area (TPSA) is 135 Å². The molecule has 0 bridgehead atoms. The fraction of sp³-hybridized carbons (Fsp3) is 0.906. The van der Waals surface area contributed by atoms with Crippen LogP contribution < -0.4 is 0 Å². The quantitative estimate of drug-likeness (QED) is 0.0268. The van der Waals surface area contributed by atoms with Crippen LogP contribution in [0, 0.1) is 0 Å². The van der Waals surface area contributed by atoms with Crippen LogP contribution in [0.4, 0.5) is 0 Å². The Morgan fingerprint density at radius 1 is 0.516 bits per heavy atom. The molecule has 0 aliphatic carbocycles. The lowest BCUT2D eigenvalue weighted by Gasteiger charge is -2.39. The van der Waals surface area contributed by atoms with Gasteiger partial charge in [0.1, 0.15) is 30.5 Å². The summed E-state index contributed by atoms with van der Waals surface area (Å²) in [6.45, 7) is 4.57. The van der Waals surface area contributed by atoms with Crippen molar-refractivity contribution in [2.24, 2.45) is 0 Å². The van der Waals surface area contributed by atoms with Crippen LogP contribution in [0.2, 0.25) is 0 Å². The summed E-state index contributed by atoms with van der Waals surface area (Å²) in [5.74, 6) is -0.317. The standard InChI is InChI=1S/C53H100O9/c1-3-5-7-9-11-13-15-17-19-21-22-23-24-25-27-29-31-33-35-37-39-41-43-59-45-47(46-60-53-52(58)51(57)50(56)48(44-54)62-53)61-49(55)42-40-38-36-34-32-30-28-26-20-18-16-14-12-10-8-6-4-2/h12,14,18,20,47-48,50-54,56-58H,3-11,13,15-17,19,21-46H2,1-2H3/b14-12-,20-18-. The van der Waals surface area contributed by atoms with Crippen molar-refractivity contribution < 1.29 is 44.2 Å². The maximum atomic E-state index is 12.8. The molecule has 0 aromatic heterocycles. The van der Waals surface area contributed by atoms with Crippen LogP contribution >= 0.6 is 0 Å². The van der Waals surface area contributed by atoms with Gasteiger partial charge in [-0.25, -0.2) is 0 Å². The number of allylic oxidation sites excluding steroid dienone is 4. The molecule has 0 aromatic rings. The highest BCUT2D eigenvalue weighted by atomic mass is 16.7. The van der Waals surface area contributed by atoms with Crippen molar-refractivity contribution in [3.05, 3.63) is 24.3 Å². The zero-order valence-corrected chi connectivity index (χ0v) is 40.4. The first kappa shape index (κ1) is 58.7. The second kappa shape index (κ2) is 44.9. The number of esters is 1. The van der Waals surface area contributed by atoms with E-state index in [9.17, 15) is 25.2 Å². The molecule has 62 heavy (non-hydrogen) atoms. The molecule has 1 heterocycles. The molecule has 4 N–H and O–H groups in total. The van der Waals surface area contributed by atoms with Crippen LogP contribution in [0.3, 0.4) is 0 Å². The van der Waals surface area contributed by atoms with Crippen molar-refractivity contribution in [3.8, 4) is 0 Å². The molecule has 1 aliphatic heterocycles. The summed E-state index contributed by atoms with van der Waals surface area (Å²) in [6, 6.07) is 0. The van der Waals surface area contributed by atoms with Crippen molar-refractivity contribution in [1.82, 2.24) is 0 Å². The lowest BCUT2D eigenvalue weighted by atomic mass is 9.99. The third-order valence-corrected chi connectivity index (χ3v) is 12.4. The van der Waals surface area contributed by atoms with Crippen LogP contribution in [0.1, 0.15) is 245 Å². The Hall–Kier alpha value is -1.33. The molecule has 1 aliphatic rings. The highest BCUT2D eigenvalue weighted by molar-refractivity contribution is 5.69. The molecule has 366 valence electrons. The van der Waals surface area contributed by atoms with Gasteiger partial charge in [-0.15, -0.1) is 0 Å². The second-order valence-corrected chi connectivity index (χ2v) is 18.3. The number of hydrogen-bond acceptors (Lipinski definition) is 9. The molecule has 0 spiro atoms. The average molecular weight is 881 g/mol. The van der Waals surface area contributed by atoms with Crippen LogP contribution in [-0.4, -0.2) is 89.6 Å². The van der Waals surface area contributed by atoms with E-state index in [-0.39, 0.29) is 19.2 Å². The van der Waals surface area contributed by atoms with E-state index in [0.717, 1.165) is 44.9 Å². The van der Waals surface area contributed by atoms with E-state index in [1.165, 1.54) is 180 Å². The van der Waals surface area contributed by atoms with Gasteiger partial charge in [0.2, 0.25) is 0 Å². The predicted molar refractivity (Wildman–Crippen MR) is 256 cm³/mol. The molecule has 0 saturated carbocycles. The molecule has 9 heteroatoms. The van der Waals surface area contributed by atoms with Gasteiger partial charge in [-0.2, -0.15) is 0 Å². The van der Waals surface area contributed by atoms with E-state index < -0.39 is 43.4 Å². The molecule has 1 rings (SSSR count). The Morgan fingerprint density at radius 3 is 1.42 bits per heavy atom. The average Bonchev–Trinajstić information content (AvgIpc) is 3.27. The van der Waals surface area contributed by atoms with Gasteiger partial charge >= 0.3 is 5.97 Å². The maximum absolute atomic E-state index is 12.8. The minimum atomic E-state index is -1.54. The summed E-state index contributed by atoms with van der Waals surface area (Å²) in [6.07, 6.45) is 46.4. The van der Waals surface area contributed by atoms with Crippen LogP contribution in [0.15, 0.2) is 24.3 Å². The molecule has 0 amide bonds. The number of carbonyl (C=O) groups is 1. The number of unbranched alkanes of at least 4 members (excludes halogenated alkanes) is 31. The van der Waals surface area contributed by atoms with Gasteiger partial charge in [0.15, 0.2) is 6.29 Å². The van der Waals surface area contributed by atoms with Crippen molar-refractivity contribution in [1.29, 1.82) is 0 Å². The fourth-order valence-corrected chi connectivity index (χ4v) is 8.23. The number of aliphatic hydroxyl groups excluding tert-OH is 4. The third kappa shape index (κ3) is 35.0. The summed E-state index contributed by atoms with van der Waals surface area (Å²) in [7, 11) is 0. The highest BCUT2D eigenvalue weighted by Crippen LogP contribution is 2.23. The zero-order chi connectivity index (χ0) is 45.0. The summed E-state index contributed by atoms with van der Waals surface area (Å²) < 4.78 is 22.9. The third-order valence-electron chi connectivity index (χ3n) is 12.4. The lowest BCUT2D eigenvalue weighted by molar-refractivity contribution is -0.305. The number of carbonyl (C=O) groups excluding carboxylic acids is 1. The number of hydrogen-bond donors (Lipinski definition) is 4. The SMILES string of the molecule is CCCCC/C=C\C/C=C\CCCCCCCCCC(=O)OC(COCCCCCCCCCCCCCCCCCCCCCCCC)COC1OC(CO)C(O)C(O)C1O. The highest BCUT2D eigenvalue weighted by Gasteiger charge is 2.44. The normalized spacial score (nSPS) is 19.9. The minimum absolute atomic E-state index is 0.112. The molecule has 6 unspecified atom stereocenters. The molecule has 1 saturated heterocycles. The van der Waals surface area contributed by atoms with E-state index in [4.69, 9.17) is 18.9 Å². The minimum Gasteiger partial charge on any atom is -0.457 e. The Labute approximate surface area is 381 Å². The van der Waals surface area contributed by atoms with Crippen molar-refractivity contribution in [2.75, 3.05) is 26.4 Å². The van der Waals surface area contributed by atoms with Crippen molar-refractivity contribution >= 4 is 5.97 Å². The molecule has 0 aromatic carbocycles. The number of rotatable bonds is 46. The van der Waals surface area contributed by atoms with E-state index >= 15 is 0 Å². The van der Waals surface area contributed by atoms with E-state index in [1.54, 1.807) is 0 Å². The Morgan fingerprint density at radius 2 is 0.935 bits per heavy atom. The first-order valence-electron chi connectivity index (χ1n) is 26.4. The van der Waals surface area contributed by atoms with Gasteiger partial charge in [-0.1, -0.05) is 218 Å². The maximum Gasteiger partial charge on any atom is 0.306 e. The molecule has 0 radical (unpaired) electrons. The van der Waals surface area contributed by atoms with E-state index in [0.29, 0.717) is 13.0 Å². The van der Waals surface area contributed by atoms with Gasteiger partial charge in [0.25, 0.3) is 0 Å². The molecular formula is C53H100O9. The molecule has 9 nitrogen and oxygen atoms in total. The molecule has 1 fully saturated rings. The van der Waals surface area contributed by atoms with Gasteiger partial charge in [-0.3, -0.25) is 4.79 Å². The second-order valence-electron chi connectivity index (χ2n) is 18.3. The monoisotopic (exact) mass is 881 g/mol. The smallest absolute Gasteiger partial charge is 0.306 e. The van der Waals surface area contributed by atoms with Crippen LogP contribution in [0.25, 0.3) is 0 Å². The van der Waals surface area contributed by atoms with E-state index in [1.807, 2.05) is 0 Å². The van der Waals surface area contributed by atoms with Gasteiger partial charge < -0.3 is 39.4 Å². The Kier molecular flexibility index (Phi) is 42.5. The van der Waals surface area contributed by atoms with Gasteiger partial charge in [0.05, 0.1) is 19.8 Å². The molecular weight excluding hydrogens is 781 g/mol. The van der Waals surface area contributed by atoms with Crippen molar-refractivity contribution in [3.63, 3.8) is 0 Å². The van der Waals surface area contributed by atoms with E-state index in [2.05, 4.69) is 38.2 Å². The van der Waals surface area contributed by atoms with Gasteiger partial charge in [0, 0.05) is 13.0 Å². The first-order chi connectivity index (χ1) is 30.4. The summed E-state index contributed by atoms with van der Waals surface area (Å²) in [5.41, 5.74) is 0. The summed E-state index contributed by atoms with van der Waals surface area (Å²) >= 11 is 0. The summed E-state index contributed by atoms with van der Waals surface area (Å²) in [4.78, 5) is 12.8. The first-order valence-corrected chi connectivity index (χ1v) is 26.4. The number of aliphatic hydroxyl groups is 4. The largest absolute Gasteiger partial charge is 0.457 e. The van der Waals surface area contributed by atoms with Crippen LogP contribution in [-0.2, 0) is 23.7 Å². The molecule has 6 atom stereocenters. The Bertz CT molecular complexity index is 1000. The lowest BCUT2D eigenvalue weighted by Crippen LogP contribution is -2.59. The number of ether oxygens (including phenoxy) is 4. The van der Waals surface area contributed by atoms with Gasteiger partial charge in [-0.05, 0) is 44.9 Å². The fourth-order valence-electron chi connectivity index (χ4n) is 8.23.